The van der Waals surface area contributed by atoms with Gasteiger partial charge in [-0.15, -0.1) is 0 Å². The van der Waals surface area contributed by atoms with Crippen molar-refractivity contribution in [3.8, 4) is 22.7 Å². The topological polar surface area (TPSA) is 63.4 Å². The molecule has 0 atom stereocenters. The molecule has 3 rings (SSSR count). The van der Waals surface area contributed by atoms with Crippen molar-refractivity contribution in [1.29, 1.82) is 0 Å². The molecule has 0 aliphatic heterocycles. The molecule has 190 valence electrons. The Morgan fingerprint density at radius 1 is 1.09 bits per heavy atom. The van der Waals surface area contributed by atoms with Crippen LogP contribution in [0, 0.1) is 0 Å². The number of aromatic nitrogens is 3. The van der Waals surface area contributed by atoms with Crippen molar-refractivity contribution in [2.75, 3.05) is 26.7 Å². The number of hydrogen-bond donors (Lipinski definition) is 1. The molecule has 35 heavy (non-hydrogen) atoms. The fraction of sp³-hybridized carbons (Fsp3) is 0.481. The van der Waals surface area contributed by atoms with Gasteiger partial charge in [0.1, 0.15) is 11.6 Å². The normalized spacial score (nSPS) is 13.0. The molecule has 0 unspecified atom stereocenters. The van der Waals surface area contributed by atoms with Crippen LogP contribution in [0.15, 0.2) is 48.9 Å². The van der Waals surface area contributed by atoms with Crippen molar-refractivity contribution < 1.29 is 9.53 Å². The Kier molecular flexibility index (Phi) is 8.16. The lowest BCUT2D eigenvalue weighted by atomic mass is 9.91. The average Bonchev–Trinajstić information content (AvgIpc) is 3.22. The molecule has 2 heterocycles. The molecule has 6 nitrogen and oxygen atoms in total. The first-order valence-electron chi connectivity index (χ1n) is 12.0. The maximum Gasteiger partial charge on any atom is 0.192 e. The summed E-state index contributed by atoms with van der Waals surface area (Å²) in [6.07, 6.45) is 5.57. The van der Waals surface area contributed by atoms with E-state index in [1.165, 1.54) is 0 Å². The van der Waals surface area contributed by atoms with E-state index in [2.05, 4.69) is 69.2 Å². The van der Waals surface area contributed by atoms with E-state index >= 15 is 0 Å². The molecule has 3 aromatic rings. The Bertz CT molecular complexity index is 1140. The van der Waals surface area contributed by atoms with Crippen LogP contribution in [0.5, 0.6) is 5.75 Å². The first-order chi connectivity index (χ1) is 16.2. The third-order valence-corrected chi connectivity index (χ3v) is 11.8. The molecular formula is C27H39ClN4O2Si. The molecule has 1 aromatic carbocycles. The molecule has 0 aliphatic rings. The number of halogens is 1. The van der Waals surface area contributed by atoms with Gasteiger partial charge in [0.15, 0.2) is 8.32 Å². The predicted molar refractivity (Wildman–Crippen MR) is 147 cm³/mol. The van der Waals surface area contributed by atoms with Gasteiger partial charge in [-0.05, 0) is 49.4 Å². The van der Waals surface area contributed by atoms with E-state index in [1.807, 2.05) is 24.4 Å². The summed E-state index contributed by atoms with van der Waals surface area (Å²) < 4.78 is 8.51. The molecule has 0 fully saturated rings. The Morgan fingerprint density at radius 2 is 1.74 bits per heavy atom. The van der Waals surface area contributed by atoms with Crippen LogP contribution in [0.2, 0.25) is 23.2 Å². The summed E-state index contributed by atoms with van der Waals surface area (Å²) in [5.41, 5.74) is 2.32. The number of benzene rings is 1. The number of nitrogens with zero attached hydrogens (tertiary/aromatic N) is 4. The zero-order valence-corrected chi connectivity index (χ0v) is 24.0. The summed E-state index contributed by atoms with van der Waals surface area (Å²) in [5.74, 6) is 0.982. The summed E-state index contributed by atoms with van der Waals surface area (Å²) in [7, 11) is 0.364. The molecule has 0 radical (unpaired) electrons. The average molecular weight is 515 g/mol. The van der Waals surface area contributed by atoms with Crippen molar-refractivity contribution in [2.45, 2.75) is 58.2 Å². The van der Waals surface area contributed by atoms with E-state index in [-0.39, 0.29) is 16.2 Å². The van der Waals surface area contributed by atoms with Crippen LogP contribution < -0.4 is 0 Å². The van der Waals surface area contributed by atoms with E-state index in [1.54, 1.807) is 24.5 Å². The second kappa shape index (κ2) is 10.4. The summed E-state index contributed by atoms with van der Waals surface area (Å²) in [5, 5.41) is 10.7. The molecule has 1 N–H and O–H groups in total. The minimum atomic E-state index is -1.77. The van der Waals surface area contributed by atoms with Gasteiger partial charge in [-0.25, -0.2) is 4.98 Å². The Morgan fingerprint density at radius 3 is 2.34 bits per heavy atom. The van der Waals surface area contributed by atoms with Gasteiger partial charge in [-0.3, -0.25) is 4.98 Å². The summed E-state index contributed by atoms with van der Waals surface area (Å²) in [4.78, 5) is 11.5. The molecule has 0 saturated heterocycles. The van der Waals surface area contributed by atoms with E-state index in [9.17, 15) is 5.11 Å². The van der Waals surface area contributed by atoms with Crippen LogP contribution >= 0.6 is 11.6 Å². The molecule has 0 saturated carbocycles. The van der Waals surface area contributed by atoms with Gasteiger partial charge in [-0.1, -0.05) is 52.3 Å². The fourth-order valence-electron chi connectivity index (χ4n) is 3.87. The molecule has 2 aromatic heterocycles. The summed E-state index contributed by atoms with van der Waals surface area (Å²) in [6, 6.07) is 9.17. The van der Waals surface area contributed by atoms with Crippen molar-refractivity contribution in [1.82, 2.24) is 19.4 Å². The maximum atomic E-state index is 10.1. The number of likely N-dealkylation sites (N-methyl/N-ethyl adjacent to an activating group) is 1. The smallest absolute Gasteiger partial charge is 0.192 e. The Hall–Kier alpha value is -2.19. The lowest BCUT2D eigenvalue weighted by molar-refractivity contribution is 0.197. The summed E-state index contributed by atoms with van der Waals surface area (Å²) in [6.45, 7) is 18.2. The number of hydrogen-bond acceptors (Lipinski definition) is 5. The highest BCUT2D eigenvalue weighted by molar-refractivity contribution is 6.74. The zero-order valence-electron chi connectivity index (χ0n) is 22.3. The second-order valence-electron chi connectivity index (χ2n) is 11.4. The van der Waals surface area contributed by atoms with Crippen LogP contribution in [0.1, 0.15) is 40.4 Å². The van der Waals surface area contributed by atoms with Crippen LogP contribution in [-0.2, 0) is 9.84 Å². The third-order valence-electron chi connectivity index (χ3n) is 6.90. The van der Waals surface area contributed by atoms with Gasteiger partial charge in [0.05, 0.1) is 10.7 Å². The van der Waals surface area contributed by atoms with Crippen LogP contribution in [0.25, 0.3) is 16.9 Å². The van der Waals surface area contributed by atoms with Gasteiger partial charge in [0.25, 0.3) is 0 Å². The van der Waals surface area contributed by atoms with Gasteiger partial charge in [-0.2, -0.15) is 0 Å². The SMILES string of the molecule is CN(CCO[Si](C)(C)C(C)(C)C)CC(C)(C)c1nc(-c2ccc(Cl)c(O)c2)cn1-c1ccncc1. The maximum absolute atomic E-state index is 10.1. The third kappa shape index (κ3) is 6.53. The Balaban J connectivity index is 1.85. The number of pyridine rings is 1. The number of aromatic hydroxyl groups is 1. The van der Waals surface area contributed by atoms with Gasteiger partial charge in [0.2, 0.25) is 0 Å². The first-order valence-corrected chi connectivity index (χ1v) is 15.3. The zero-order chi connectivity index (χ0) is 26.0. The van der Waals surface area contributed by atoms with Gasteiger partial charge in [0, 0.05) is 55.0 Å². The molecular weight excluding hydrogens is 476 g/mol. The number of rotatable bonds is 9. The highest BCUT2D eigenvalue weighted by Gasteiger charge is 2.37. The lowest BCUT2D eigenvalue weighted by Crippen LogP contribution is -2.43. The van der Waals surface area contributed by atoms with E-state index in [0.717, 1.165) is 42.5 Å². The first kappa shape index (κ1) is 27.4. The Labute approximate surface area is 216 Å². The number of phenolic OH excluding ortho intramolecular Hbond substituents is 1. The van der Waals surface area contributed by atoms with Crippen molar-refractivity contribution in [3.05, 3.63) is 59.8 Å². The highest BCUT2D eigenvalue weighted by Crippen LogP contribution is 2.36. The second-order valence-corrected chi connectivity index (χ2v) is 16.6. The summed E-state index contributed by atoms with van der Waals surface area (Å²) >= 11 is 6.03. The minimum Gasteiger partial charge on any atom is -0.506 e. The van der Waals surface area contributed by atoms with Crippen LogP contribution in [0.4, 0.5) is 0 Å². The highest BCUT2D eigenvalue weighted by atomic mass is 35.5. The quantitative estimate of drug-likeness (QED) is 0.329. The fourth-order valence-corrected chi connectivity index (χ4v) is 5.02. The van der Waals surface area contributed by atoms with E-state index < -0.39 is 8.32 Å². The van der Waals surface area contributed by atoms with Gasteiger partial charge >= 0.3 is 0 Å². The number of imidazole rings is 1. The minimum absolute atomic E-state index is 0.0462. The predicted octanol–water partition coefficient (Wildman–Crippen LogP) is 6.52. The van der Waals surface area contributed by atoms with Crippen molar-refractivity contribution >= 4 is 19.9 Å². The molecule has 0 bridgehead atoms. The molecule has 0 spiro atoms. The largest absolute Gasteiger partial charge is 0.506 e. The monoisotopic (exact) mass is 514 g/mol. The van der Waals surface area contributed by atoms with Crippen molar-refractivity contribution in [3.63, 3.8) is 0 Å². The molecule has 0 aliphatic carbocycles. The van der Waals surface area contributed by atoms with E-state index in [0.29, 0.717) is 5.02 Å². The molecule has 8 heteroatoms. The number of phenols is 1. The van der Waals surface area contributed by atoms with Crippen molar-refractivity contribution in [2.24, 2.45) is 0 Å². The van der Waals surface area contributed by atoms with Crippen LogP contribution in [-0.4, -0.2) is 59.6 Å². The van der Waals surface area contributed by atoms with E-state index in [4.69, 9.17) is 21.0 Å². The van der Waals surface area contributed by atoms with Gasteiger partial charge < -0.3 is 19.0 Å². The standard InChI is InChI=1S/C27H39ClN4O2Si/c1-26(2,3)35(7,8)34-16-15-31(6)19-27(4,5)25-30-23(20-9-10-22(28)24(33)17-20)18-32(25)21-11-13-29-14-12-21/h9-14,17-18,33H,15-16,19H2,1-8H3. The lowest BCUT2D eigenvalue weighted by Gasteiger charge is -2.37. The molecule has 0 amide bonds. The van der Waals surface area contributed by atoms with Crippen LogP contribution in [0.3, 0.4) is 0 Å².